The van der Waals surface area contributed by atoms with Crippen molar-refractivity contribution in [2.24, 2.45) is 5.41 Å². The Morgan fingerprint density at radius 1 is 1.25 bits per heavy atom. The monoisotopic (exact) mass is 415 g/mol. The molecule has 0 saturated carbocycles. The maximum atomic E-state index is 11.8. The van der Waals surface area contributed by atoms with Crippen LogP contribution in [-0.4, -0.2) is 37.9 Å². The smallest absolute Gasteiger partial charge is 0.278 e. The van der Waals surface area contributed by atoms with Crippen LogP contribution < -0.4 is 4.72 Å². The van der Waals surface area contributed by atoms with Crippen molar-refractivity contribution in [3.63, 3.8) is 0 Å². The number of nitrogens with zero attached hydrogens (tertiary/aromatic N) is 2. The Labute approximate surface area is 153 Å². The van der Waals surface area contributed by atoms with Gasteiger partial charge in [-0.15, -0.1) is 0 Å². The first-order chi connectivity index (χ1) is 11.0. The number of fused-ring (bicyclic) bond motifs is 1. The summed E-state index contributed by atoms with van der Waals surface area (Å²) in [4.78, 5) is 0. The minimum absolute atomic E-state index is 0.165. The maximum Gasteiger partial charge on any atom is 0.278 e. The third kappa shape index (κ3) is 4.81. The lowest BCUT2D eigenvalue weighted by Gasteiger charge is -2.19. The van der Waals surface area contributed by atoms with E-state index in [0.717, 1.165) is 16.6 Å². The molecule has 0 radical (unpaired) electrons. The minimum atomic E-state index is -3.38. The fourth-order valence-electron chi connectivity index (χ4n) is 2.63. The van der Waals surface area contributed by atoms with E-state index in [-0.39, 0.29) is 5.41 Å². The third-order valence-corrected chi connectivity index (χ3v) is 5.75. The largest absolute Gasteiger partial charge is 0.347 e. The van der Waals surface area contributed by atoms with Gasteiger partial charge in [0.25, 0.3) is 10.2 Å². The molecule has 24 heavy (non-hydrogen) atoms. The number of hydrogen-bond donors (Lipinski definition) is 1. The summed E-state index contributed by atoms with van der Waals surface area (Å²) in [5.41, 5.74) is 2.49. The molecule has 0 aliphatic rings. The molecule has 0 unspecified atom stereocenters. The van der Waals surface area contributed by atoms with Crippen molar-refractivity contribution in [3.8, 4) is 0 Å². The molecular weight excluding hydrogens is 390 g/mol. The lowest BCUT2D eigenvalue weighted by molar-refractivity contribution is 0.349. The molecule has 0 saturated heterocycles. The van der Waals surface area contributed by atoms with E-state index in [4.69, 9.17) is 0 Å². The average molecular weight is 416 g/mol. The second kappa shape index (κ2) is 7.15. The van der Waals surface area contributed by atoms with Gasteiger partial charge in [-0.2, -0.15) is 12.7 Å². The summed E-state index contributed by atoms with van der Waals surface area (Å²) in [6, 6.07) is 6.24. The molecule has 2 rings (SSSR count). The summed E-state index contributed by atoms with van der Waals surface area (Å²) in [5.74, 6) is 0. The number of hydrogen-bond acceptors (Lipinski definition) is 2. The molecule has 134 valence electrons. The molecule has 7 heteroatoms. The highest BCUT2D eigenvalue weighted by atomic mass is 79.9. The Kier molecular flexibility index (Phi) is 5.79. The molecule has 0 bridgehead atoms. The second-order valence-electron chi connectivity index (χ2n) is 7.44. The van der Waals surface area contributed by atoms with Crippen LogP contribution in [0.3, 0.4) is 0 Å². The first-order valence-corrected chi connectivity index (χ1v) is 10.2. The number of halogens is 1. The fraction of sp³-hybridized carbons (Fsp3) is 0.529. The molecule has 5 nitrogen and oxygen atoms in total. The molecule has 2 aromatic rings. The molecule has 0 fully saturated rings. The van der Waals surface area contributed by atoms with Crippen LogP contribution in [0.5, 0.6) is 0 Å². The zero-order valence-corrected chi connectivity index (χ0v) is 17.3. The van der Waals surface area contributed by atoms with Crippen LogP contribution >= 0.6 is 15.9 Å². The van der Waals surface area contributed by atoms with E-state index < -0.39 is 10.2 Å². The minimum Gasteiger partial charge on any atom is -0.347 e. The molecule has 0 atom stereocenters. The molecule has 1 aromatic heterocycles. The van der Waals surface area contributed by atoms with Crippen molar-refractivity contribution in [2.45, 2.75) is 33.7 Å². The molecule has 1 heterocycles. The van der Waals surface area contributed by atoms with Gasteiger partial charge in [0.05, 0.1) is 0 Å². The second-order valence-corrected chi connectivity index (χ2v) is 10.3. The molecular formula is C17H26BrN3O2S. The van der Waals surface area contributed by atoms with E-state index in [0.29, 0.717) is 13.0 Å². The van der Waals surface area contributed by atoms with E-state index in [1.54, 1.807) is 0 Å². The highest BCUT2D eigenvalue weighted by molar-refractivity contribution is 9.10. The van der Waals surface area contributed by atoms with Crippen LogP contribution in [0, 0.1) is 5.41 Å². The van der Waals surface area contributed by atoms with E-state index in [9.17, 15) is 8.42 Å². The van der Waals surface area contributed by atoms with E-state index in [2.05, 4.69) is 64.3 Å². The molecule has 0 amide bonds. The topological polar surface area (TPSA) is 54.3 Å². The van der Waals surface area contributed by atoms with Crippen molar-refractivity contribution < 1.29 is 8.42 Å². The normalized spacial score (nSPS) is 13.1. The van der Waals surface area contributed by atoms with Crippen LogP contribution in [-0.2, 0) is 23.2 Å². The van der Waals surface area contributed by atoms with Gasteiger partial charge in [-0.05, 0) is 29.5 Å². The Balaban J connectivity index is 2.27. The SMILES string of the molecule is CN(C)S(=O)(=O)NCCc1cn(CC(C)(C)C)c2cc(Br)ccc12. The Bertz CT molecular complexity index is 820. The summed E-state index contributed by atoms with van der Waals surface area (Å²) in [7, 11) is -0.336. The van der Waals surface area contributed by atoms with Crippen LogP contribution in [0.1, 0.15) is 26.3 Å². The van der Waals surface area contributed by atoms with Crippen LogP contribution in [0.4, 0.5) is 0 Å². The highest BCUT2D eigenvalue weighted by Crippen LogP contribution is 2.28. The zero-order chi connectivity index (χ0) is 18.1. The Morgan fingerprint density at radius 3 is 2.50 bits per heavy atom. The first-order valence-electron chi connectivity index (χ1n) is 7.94. The number of nitrogens with one attached hydrogen (secondary N) is 1. The van der Waals surface area contributed by atoms with Gasteiger partial charge >= 0.3 is 0 Å². The summed E-state index contributed by atoms with van der Waals surface area (Å²) < 4.78 is 30.8. The first kappa shape index (κ1) is 19.4. The number of rotatable bonds is 6. The molecule has 0 spiro atoms. The van der Waals surface area contributed by atoms with Crippen molar-refractivity contribution >= 4 is 37.0 Å². The van der Waals surface area contributed by atoms with Gasteiger partial charge in [-0.3, -0.25) is 0 Å². The van der Waals surface area contributed by atoms with Gasteiger partial charge in [-0.25, -0.2) is 4.72 Å². The molecule has 1 aromatic carbocycles. The van der Waals surface area contributed by atoms with Crippen molar-refractivity contribution in [2.75, 3.05) is 20.6 Å². The predicted octanol–water partition coefficient (Wildman–Crippen LogP) is 3.39. The summed E-state index contributed by atoms with van der Waals surface area (Å²) in [5, 5.41) is 1.17. The van der Waals surface area contributed by atoms with E-state index in [1.807, 2.05) is 6.07 Å². The predicted molar refractivity (Wildman–Crippen MR) is 103 cm³/mol. The zero-order valence-electron chi connectivity index (χ0n) is 14.9. The van der Waals surface area contributed by atoms with E-state index >= 15 is 0 Å². The molecule has 0 aliphatic heterocycles. The van der Waals surface area contributed by atoms with Crippen molar-refractivity contribution in [1.29, 1.82) is 0 Å². The lowest BCUT2D eigenvalue weighted by atomic mass is 9.97. The lowest BCUT2D eigenvalue weighted by Crippen LogP contribution is -2.36. The van der Waals surface area contributed by atoms with Gasteiger partial charge in [-0.1, -0.05) is 42.8 Å². The fourth-order valence-corrected chi connectivity index (χ4v) is 3.59. The van der Waals surface area contributed by atoms with Gasteiger partial charge in [0, 0.05) is 48.8 Å². The Hall–Kier alpha value is -0.890. The van der Waals surface area contributed by atoms with Gasteiger partial charge in [0.2, 0.25) is 0 Å². The summed E-state index contributed by atoms with van der Waals surface area (Å²) in [6.07, 6.45) is 2.80. The number of benzene rings is 1. The summed E-state index contributed by atoms with van der Waals surface area (Å²) >= 11 is 3.54. The standard InChI is InChI=1S/C17H26BrN3O2S/c1-17(2,3)12-21-11-13(8-9-19-24(22,23)20(4)5)15-7-6-14(18)10-16(15)21/h6-7,10-11,19H,8-9,12H2,1-5H3. The van der Waals surface area contributed by atoms with Crippen molar-refractivity contribution in [1.82, 2.24) is 13.6 Å². The molecule has 0 aliphatic carbocycles. The van der Waals surface area contributed by atoms with E-state index in [1.165, 1.54) is 29.3 Å². The van der Waals surface area contributed by atoms with Gasteiger partial charge in [0.1, 0.15) is 0 Å². The number of aromatic nitrogens is 1. The quantitative estimate of drug-likeness (QED) is 0.785. The highest BCUT2D eigenvalue weighted by Gasteiger charge is 2.17. The summed E-state index contributed by atoms with van der Waals surface area (Å²) in [6.45, 7) is 7.92. The molecule has 1 N–H and O–H groups in total. The van der Waals surface area contributed by atoms with Crippen molar-refractivity contribution in [3.05, 3.63) is 34.4 Å². The third-order valence-electron chi connectivity index (χ3n) is 3.73. The maximum absolute atomic E-state index is 11.8. The van der Waals surface area contributed by atoms with Crippen LogP contribution in [0.15, 0.2) is 28.9 Å². The Morgan fingerprint density at radius 2 is 1.92 bits per heavy atom. The van der Waals surface area contributed by atoms with Gasteiger partial charge < -0.3 is 4.57 Å². The van der Waals surface area contributed by atoms with Crippen LogP contribution in [0.25, 0.3) is 10.9 Å². The average Bonchev–Trinajstić information content (AvgIpc) is 2.74. The van der Waals surface area contributed by atoms with Crippen LogP contribution in [0.2, 0.25) is 0 Å². The van der Waals surface area contributed by atoms with Gasteiger partial charge in [0.15, 0.2) is 0 Å².